The van der Waals surface area contributed by atoms with E-state index in [2.05, 4.69) is 10.6 Å². The SMILES string of the molecule is COC(=O)c1sc(-c2ccccc2)cc1NC(=O)NCCCl. The molecule has 0 saturated heterocycles. The fourth-order valence-corrected chi connectivity index (χ4v) is 2.93. The summed E-state index contributed by atoms with van der Waals surface area (Å²) in [4.78, 5) is 24.8. The second-order valence-corrected chi connectivity index (χ2v) is 5.71. The highest BCUT2D eigenvalue weighted by Gasteiger charge is 2.19. The first-order chi connectivity index (χ1) is 10.7. The van der Waals surface area contributed by atoms with E-state index in [1.807, 2.05) is 30.3 Å². The van der Waals surface area contributed by atoms with Gasteiger partial charge in [0.1, 0.15) is 4.88 Å². The van der Waals surface area contributed by atoms with Gasteiger partial charge in [0.25, 0.3) is 0 Å². The molecule has 1 aromatic heterocycles. The van der Waals surface area contributed by atoms with E-state index in [0.29, 0.717) is 23.0 Å². The summed E-state index contributed by atoms with van der Waals surface area (Å²) >= 11 is 6.79. The number of amides is 2. The van der Waals surface area contributed by atoms with Crippen LogP contribution in [-0.2, 0) is 4.74 Å². The van der Waals surface area contributed by atoms with Gasteiger partial charge in [-0.15, -0.1) is 22.9 Å². The minimum Gasteiger partial charge on any atom is -0.465 e. The molecule has 7 heteroatoms. The number of ether oxygens (including phenoxy) is 1. The van der Waals surface area contributed by atoms with E-state index in [4.69, 9.17) is 16.3 Å². The highest BCUT2D eigenvalue weighted by molar-refractivity contribution is 7.18. The molecule has 0 fully saturated rings. The molecule has 1 aromatic carbocycles. The van der Waals surface area contributed by atoms with Crippen LogP contribution in [0.4, 0.5) is 10.5 Å². The van der Waals surface area contributed by atoms with E-state index >= 15 is 0 Å². The molecule has 0 unspecified atom stereocenters. The van der Waals surface area contributed by atoms with Crippen LogP contribution in [-0.4, -0.2) is 31.5 Å². The molecule has 0 spiro atoms. The molecule has 0 aliphatic heterocycles. The number of carbonyl (C=O) groups excluding carboxylic acids is 2. The lowest BCUT2D eigenvalue weighted by Gasteiger charge is -2.06. The van der Waals surface area contributed by atoms with E-state index in [1.54, 1.807) is 6.07 Å². The lowest BCUT2D eigenvalue weighted by molar-refractivity contribution is 0.0607. The number of urea groups is 1. The molecule has 0 aliphatic rings. The predicted molar refractivity (Wildman–Crippen MR) is 88.8 cm³/mol. The molecule has 1 heterocycles. The number of hydrogen-bond donors (Lipinski definition) is 2. The van der Waals surface area contributed by atoms with Crippen molar-refractivity contribution in [2.45, 2.75) is 0 Å². The monoisotopic (exact) mass is 338 g/mol. The Bertz CT molecular complexity index is 658. The summed E-state index contributed by atoms with van der Waals surface area (Å²) in [7, 11) is 1.31. The van der Waals surface area contributed by atoms with E-state index < -0.39 is 12.0 Å². The van der Waals surface area contributed by atoms with Crippen molar-refractivity contribution in [3.05, 3.63) is 41.3 Å². The second-order valence-electron chi connectivity index (χ2n) is 4.28. The van der Waals surface area contributed by atoms with Gasteiger partial charge in [0.05, 0.1) is 12.8 Å². The number of alkyl halides is 1. The van der Waals surface area contributed by atoms with E-state index in [9.17, 15) is 9.59 Å². The molecule has 0 radical (unpaired) electrons. The maximum absolute atomic E-state index is 11.9. The van der Waals surface area contributed by atoms with Gasteiger partial charge in [-0.3, -0.25) is 0 Å². The molecule has 22 heavy (non-hydrogen) atoms. The van der Waals surface area contributed by atoms with Crippen molar-refractivity contribution in [3.8, 4) is 10.4 Å². The quantitative estimate of drug-likeness (QED) is 0.647. The zero-order chi connectivity index (χ0) is 15.9. The summed E-state index contributed by atoms with van der Waals surface area (Å²) in [6.07, 6.45) is 0. The molecule has 116 valence electrons. The number of methoxy groups -OCH3 is 1. The highest BCUT2D eigenvalue weighted by atomic mass is 35.5. The summed E-state index contributed by atoms with van der Waals surface area (Å²) in [5, 5.41) is 5.24. The summed E-state index contributed by atoms with van der Waals surface area (Å²) in [6, 6.07) is 10.9. The minimum atomic E-state index is -0.486. The van der Waals surface area contributed by atoms with Crippen LogP contribution in [0.2, 0.25) is 0 Å². The Balaban J connectivity index is 2.29. The van der Waals surface area contributed by atoms with Crippen molar-refractivity contribution in [1.82, 2.24) is 5.32 Å². The van der Waals surface area contributed by atoms with Gasteiger partial charge in [-0.05, 0) is 11.6 Å². The molecule has 2 aromatic rings. The van der Waals surface area contributed by atoms with Crippen molar-refractivity contribution in [2.75, 3.05) is 24.9 Å². The number of thiophene rings is 1. The molecular formula is C15H15ClN2O3S. The third kappa shape index (κ3) is 3.99. The number of hydrogen-bond acceptors (Lipinski definition) is 4. The van der Waals surface area contributed by atoms with Gasteiger partial charge in [-0.1, -0.05) is 30.3 Å². The number of benzene rings is 1. The van der Waals surface area contributed by atoms with Crippen molar-refractivity contribution in [2.24, 2.45) is 0 Å². The number of nitrogens with one attached hydrogen (secondary N) is 2. The number of esters is 1. The summed E-state index contributed by atoms with van der Waals surface area (Å²) in [6.45, 7) is 0.344. The molecule has 2 N–H and O–H groups in total. The number of halogens is 1. The largest absolute Gasteiger partial charge is 0.465 e. The van der Waals surface area contributed by atoms with Crippen molar-refractivity contribution >= 4 is 40.6 Å². The van der Waals surface area contributed by atoms with E-state index in [-0.39, 0.29) is 0 Å². The van der Waals surface area contributed by atoms with Crippen LogP contribution in [0.3, 0.4) is 0 Å². The zero-order valence-electron chi connectivity index (χ0n) is 11.9. The lowest BCUT2D eigenvalue weighted by Crippen LogP contribution is -2.30. The van der Waals surface area contributed by atoms with Crippen LogP contribution in [0.1, 0.15) is 9.67 Å². The van der Waals surface area contributed by atoms with Gasteiger partial charge in [0.2, 0.25) is 0 Å². The molecular weight excluding hydrogens is 324 g/mol. The Hall–Kier alpha value is -2.05. The predicted octanol–water partition coefficient (Wildman–Crippen LogP) is 3.56. The molecule has 2 amide bonds. The van der Waals surface area contributed by atoms with Gasteiger partial charge in [0.15, 0.2) is 0 Å². The van der Waals surface area contributed by atoms with E-state index in [0.717, 1.165) is 10.4 Å². The number of carbonyl (C=O) groups is 2. The highest BCUT2D eigenvalue weighted by Crippen LogP contribution is 2.35. The van der Waals surface area contributed by atoms with Crippen LogP contribution >= 0.6 is 22.9 Å². The van der Waals surface area contributed by atoms with E-state index in [1.165, 1.54) is 18.4 Å². The minimum absolute atomic E-state index is 0.316. The summed E-state index contributed by atoms with van der Waals surface area (Å²) < 4.78 is 4.77. The van der Waals surface area contributed by atoms with Crippen molar-refractivity contribution < 1.29 is 14.3 Å². The molecule has 0 aliphatic carbocycles. The molecule has 0 atom stereocenters. The Kier molecular flexibility index (Phi) is 5.80. The van der Waals surface area contributed by atoms with Gasteiger partial charge in [-0.25, -0.2) is 9.59 Å². The average molecular weight is 339 g/mol. The zero-order valence-corrected chi connectivity index (χ0v) is 13.5. The van der Waals surface area contributed by atoms with Crippen LogP contribution in [0.5, 0.6) is 0 Å². The molecule has 0 saturated carbocycles. The first-order valence-corrected chi connectivity index (χ1v) is 7.89. The average Bonchev–Trinajstić information content (AvgIpc) is 2.96. The maximum Gasteiger partial charge on any atom is 0.350 e. The molecule has 5 nitrogen and oxygen atoms in total. The summed E-state index contributed by atoms with van der Waals surface area (Å²) in [5.41, 5.74) is 1.38. The smallest absolute Gasteiger partial charge is 0.350 e. The van der Waals surface area contributed by atoms with Crippen molar-refractivity contribution in [3.63, 3.8) is 0 Å². The Morgan fingerprint density at radius 1 is 1.27 bits per heavy atom. The normalized spacial score (nSPS) is 10.1. The van der Waals surface area contributed by atoms with Crippen LogP contribution < -0.4 is 10.6 Å². The molecule has 2 rings (SSSR count). The second kappa shape index (κ2) is 7.82. The van der Waals surface area contributed by atoms with Crippen LogP contribution in [0, 0.1) is 0 Å². The topological polar surface area (TPSA) is 67.4 Å². The standard InChI is InChI=1S/C15H15ClN2O3S/c1-21-14(19)13-11(18-15(20)17-8-7-16)9-12(22-13)10-5-3-2-4-6-10/h2-6,9H,7-8H2,1H3,(H2,17,18,20). The van der Waals surface area contributed by atoms with Gasteiger partial charge in [-0.2, -0.15) is 0 Å². The Morgan fingerprint density at radius 3 is 2.64 bits per heavy atom. The number of rotatable bonds is 5. The van der Waals surface area contributed by atoms with Gasteiger partial charge in [0, 0.05) is 17.3 Å². The lowest BCUT2D eigenvalue weighted by atomic mass is 10.2. The third-order valence-electron chi connectivity index (χ3n) is 2.79. The first-order valence-electron chi connectivity index (χ1n) is 6.54. The van der Waals surface area contributed by atoms with Gasteiger partial charge < -0.3 is 15.4 Å². The third-order valence-corrected chi connectivity index (χ3v) is 4.14. The van der Waals surface area contributed by atoms with Crippen LogP contribution in [0.25, 0.3) is 10.4 Å². The summed E-state index contributed by atoms with van der Waals surface area (Å²) in [5.74, 6) is -0.171. The van der Waals surface area contributed by atoms with Crippen LogP contribution in [0.15, 0.2) is 36.4 Å². The fraction of sp³-hybridized carbons (Fsp3) is 0.200. The number of anilines is 1. The van der Waals surface area contributed by atoms with Gasteiger partial charge >= 0.3 is 12.0 Å². The van der Waals surface area contributed by atoms with Crippen molar-refractivity contribution in [1.29, 1.82) is 0 Å². The first kappa shape index (κ1) is 16.3. The molecule has 0 bridgehead atoms. The Labute approximate surface area is 137 Å². The maximum atomic E-state index is 11.9. The fourth-order valence-electron chi connectivity index (χ4n) is 1.80. The Morgan fingerprint density at radius 2 is 2.00 bits per heavy atom.